The third-order valence-corrected chi connectivity index (χ3v) is 1.19. The van der Waals surface area contributed by atoms with Gasteiger partial charge in [-0.2, -0.15) is 0 Å². The van der Waals surface area contributed by atoms with Crippen molar-refractivity contribution in [2.75, 3.05) is 12.0 Å². The highest BCUT2D eigenvalue weighted by molar-refractivity contribution is 5.89. The number of aromatic amines is 2. The van der Waals surface area contributed by atoms with Crippen LogP contribution in [0.1, 0.15) is 0 Å². The highest BCUT2D eigenvalue weighted by Crippen LogP contribution is 2.12. The molecule has 0 spiro atoms. The fraction of sp³-hybridized carbons (Fsp3) is 0.200. The average molecular weight is 188 g/mol. The smallest absolute Gasteiger partial charge is 0.327 e. The standard InChI is InChI=1S/C5H8N4O4/c10-1-6-4(12)7-2-3(11)9-5(13)8-2/h10-11H,1H2,(H2,6,7,12)(H2,8,9,13). The third kappa shape index (κ3) is 2.24. The molecule has 0 atom stereocenters. The van der Waals surface area contributed by atoms with Crippen LogP contribution in [0.15, 0.2) is 4.79 Å². The molecule has 13 heavy (non-hydrogen) atoms. The van der Waals surface area contributed by atoms with Crippen LogP contribution in [0.2, 0.25) is 0 Å². The Morgan fingerprint density at radius 1 is 1.46 bits per heavy atom. The molecule has 0 radical (unpaired) electrons. The summed E-state index contributed by atoms with van der Waals surface area (Å²) < 4.78 is 0. The molecule has 1 aromatic heterocycles. The predicted molar refractivity (Wildman–Crippen MR) is 42.3 cm³/mol. The Morgan fingerprint density at radius 2 is 2.15 bits per heavy atom. The van der Waals surface area contributed by atoms with Crippen molar-refractivity contribution in [3.8, 4) is 5.88 Å². The number of aliphatic hydroxyl groups excluding tert-OH is 1. The van der Waals surface area contributed by atoms with Crippen molar-refractivity contribution in [3.63, 3.8) is 0 Å². The number of amides is 2. The number of urea groups is 1. The lowest BCUT2D eigenvalue weighted by Gasteiger charge is -2.01. The van der Waals surface area contributed by atoms with Gasteiger partial charge in [-0.15, -0.1) is 0 Å². The van der Waals surface area contributed by atoms with Gasteiger partial charge in [-0.1, -0.05) is 0 Å². The molecule has 0 aliphatic rings. The van der Waals surface area contributed by atoms with E-state index in [-0.39, 0.29) is 5.82 Å². The summed E-state index contributed by atoms with van der Waals surface area (Å²) in [4.78, 5) is 25.4. The van der Waals surface area contributed by atoms with Gasteiger partial charge >= 0.3 is 11.7 Å². The van der Waals surface area contributed by atoms with Crippen LogP contribution in [0, 0.1) is 0 Å². The normalized spacial score (nSPS) is 9.62. The summed E-state index contributed by atoms with van der Waals surface area (Å²) in [5.41, 5.74) is -0.642. The molecule has 0 bridgehead atoms. The van der Waals surface area contributed by atoms with Gasteiger partial charge in [0.15, 0.2) is 5.82 Å². The maximum atomic E-state index is 10.7. The maximum absolute atomic E-state index is 10.7. The van der Waals surface area contributed by atoms with E-state index in [1.54, 1.807) is 0 Å². The molecule has 0 aliphatic heterocycles. The first-order valence-corrected chi connectivity index (χ1v) is 3.30. The zero-order chi connectivity index (χ0) is 9.84. The molecular weight excluding hydrogens is 180 g/mol. The molecule has 72 valence electrons. The number of imidazole rings is 1. The second kappa shape index (κ2) is 3.63. The van der Waals surface area contributed by atoms with Gasteiger partial charge in [-0.05, 0) is 0 Å². The molecule has 8 heteroatoms. The van der Waals surface area contributed by atoms with Crippen LogP contribution in [0.4, 0.5) is 10.6 Å². The van der Waals surface area contributed by atoms with Gasteiger partial charge < -0.3 is 15.5 Å². The number of anilines is 1. The zero-order valence-electron chi connectivity index (χ0n) is 6.42. The number of H-pyrrole nitrogens is 2. The Hall–Kier alpha value is -1.96. The van der Waals surface area contributed by atoms with E-state index in [4.69, 9.17) is 10.2 Å². The Kier molecular flexibility index (Phi) is 2.55. The van der Waals surface area contributed by atoms with Gasteiger partial charge in [-0.3, -0.25) is 15.3 Å². The van der Waals surface area contributed by atoms with Gasteiger partial charge in [0, 0.05) is 0 Å². The lowest BCUT2D eigenvalue weighted by atomic mass is 10.7. The number of aromatic hydroxyl groups is 1. The molecule has 8 nitrogen and oxygen atoms in total. The van der Waals surface area contributed by atoms with E-state index in [1.807, 2.05) is 10.3 Å². The lowest BCUT2D eigenvalue weighted by Crippen LogP contribution is -2.29. The summed E-state index contributed by atoms with van der Waals surface area (Å²) in [6.45, 7) is -0.540. The van der Waals surface area contributed by atoms with Gasteiger partial charge in [0.05, 0.1) is 0 Å². The number of carbonyl (C=O) groups is 1. The first-order valence-electron chi connectivity index (χ1n) is 3.30. The van der Waals surface area contributed by atoms with Crippen LogP contribution in [0.3, 0.4) is 0 Å². The van der Waals surface area contributed by atoms with E-state index in [1.165, 1.54) is 0 Å². The minimum atomic E-state index is -0.743. The van der Waals surface area contributed by atoms with E-state index in [9.17, 15) is 9.59 Å². The van der Waals surface area contributed by atoms with Gasteiger partial charge in [-0.25, -0.2) is 9.59 Å². The van der Waals surface area contributed by atoms with E-state index >= 15 is 0 Å². The Bertz CT molecular complexity index is 354. The summed E-state index contributed by atoms with van der Waals surface area (Å²) in [5, 5.41) is 21.3. The average Bonchev–Trinajstić information content (AvgIpc) is 2.30. The topological polar surface area (TPSA) is 130 Å². The molecule has 0 aliphatic carbocycles. The van der Waals surface area contributed by atoms with Crippen molar-refractivity contribution in [1.82, 2.24) is 15.3 Å². The van der Waals surface area contributed by atoms with Crippen LogP contribution < -0.4 is 16.3 Å². The van der Waals surface area contributed by atoms with Crippen LogP contribution in [-0.2, 0) is 0 Å². The summed E-state index contributed by atoms with van der Waals surface area (Å²) in [5.74, 6) is -0.631. The maximum Gasteiger partial charge on any atom is 0.327 e. The number of aromatic nitrogens is 2. The Labute approximate surface area is 71.6 Å². The Balaban J connectivity index is 2.68. The third-order valence-electron chi connectivity index (χ3n) is 1.19. The SMILES string of the molecule is O=C(NCO)Nc1[nH]c(=O)[nH]c1O. The van der Waals surface area contributed by atoms with Gasteiger partial charge in [0.2, 0.25) is 5.88 Å². The summed E-state index contributed by atoms with van der Waals surface area (Å²) in [6.07, 6.45) is 0. The quantitative estimate of drug-likeness (QED) is 0.315. The van der Waals surface area contributed by atoms with Crippen molar-refractivity contribution in [3.05, 3.63) is 10.5 Å². The van der Waals surface area contributed by atoms with Gasteiger partial charge in [0.1, 0.15) is 6.73 Å². The largest absolute Gasteiger partial charge is 0.492 e. The number of carbonyl (C=O) groups excluding carboxylic acids is 1. The molecule has 0 fully saturated rings. The van der Waals surface area contributed by atoms with Crippen LogP contribution in [-0.4, -0.2) is 32.9 Å². The first kappa shape index (κ1) is 9.13. The number of hydrogen-bond acceptors (Lipinski definition) is 4. The van der Waals surface area contributed by atoms with Gasteiger partial charge in [0.25, 0.3) is 0 Å². The van der Waals surface area contributed by atoms with Crippen LogP contribution >= 0.6 is 0 Å². The molecular formula is C5H8N4O4. The minimum absolute atomic E-state index is 0.157. The second-order valence-electron chi connectivity index (χ2n) is 2.09. The van der Waals surface area contributed by atoms with E-state index in [0.717, 1.165) is 0 Å². The molecule has 0 saturated carbocycles. The molecule has 1 heterocycles. The van der Waals surface area contributed by atoms with Crippen molar-refractivity contribution >= 4 is 11.8 Å². The van der Waals surface area contributed by atoms with E-state index in [0.29, 0.717) is 0 Å². The molecule has 0 aromatic carbocycles. The summed E-state index contributed by atoms with van der Waals surface area (Å²) >= 11 is 0. The molecule has 0 saturated heterocycles. The van der Waals surface area contributed by atoms with Crippen LogP contribution in [0.5, 0.6) is 5.88 Å². The molecule has 1 rings (SSSR count). The van der Waals surface area contributed by atoms with Crippen molar-refractivity contribution < 1.29 is 15.0 Å². The number of hydrogen-bond donors (Lipinski definition) is 6. The summed E-state index contributed by atoms with van der Waals surface area (Å²) in [6, 6.07) is -0.743. The number of nitrogens with one attached hydrogen (secondary N) is 4. The zero-order valence-corrected chi connectivity index (χ0v) is 6.42. The number of aliphatic hydroxyl groups is 1. The second-order valence-corrected chi connectivity index (χ2v) is 2.09. The van der Waals surface area contributed by atoms with Crippen molar-refractivity contribution in [2.45, 2.75) is 0 Å². The fourth-order valence-corrected chi connectivity index (χ4v) is 0.694. The van der Waals surface area contributed by atoms with E-state index in [2.05, 4.69) is 10.3 Å². The fourth-order valence-electron chi connectivity index (χ4n) is 0.694. The van der Waals surface area contributed by atoms with Crippen molar-refractivity contribution in [1.29, 1.82) is 0 Å². The number of rotatable bonds is 2. The molecule has 6 N–H and O–H groups in total. The van der Waals surface area contributed by atoms with Crippen LogP contribution in [0.25, 0.3) is 0 Å². The van der Waals surface area contributed by atoms with E-state index < -0.39 is 24.3 Å². The minimum Gasteiger partial charge on any atom is -0.492 e. The highest BCUT2D eigenvalue weighted by Gasteiger charge is 2.07. The van der Waals surface area contributed by atoms with Crippen molar-refractivity contribution in [2.24, 2.45) is 0 Å². The predicted octanol–water partition coefficient (Wildman–Crippen LogP) is -1.52. The highest BCUT2D eigenvalue weighted by atomic mass is 16.3. The first-order chi connectivity index (χ1) is 6.13. The molecule has 2 amide bonds. The molecule has 0 unspecified atom stereocenters. The Morgan fingerprint density at radius 3 is 2.62 bits per heavy atom. The monoisotopic (exact) mass is 188 g/mol. The summed E-state index contributed by atoms with van der Waals surface area (Å²) in [7, 11) is 0. The lowest BCUT2D eigenvalue weighted by molar-refractivity contribution is 0.227. The molecule has 1 aromatic rings.